The van der Waals surface area contributed by atoms with Crippen LogP contribution in [0.25, 0.3) is 11.6 Å². The minimum absolute atomic E-state index is 0.163. The number of carbonyl (C=O) groups is 1. The Balaban J connectivity index is 1.70. The van der Waals surface area contributed by atoms with Gasteiger partial charge in [-0.2, -0.15) is 5.26 Å². The summed E-state index contributed by atoms with van der Waals surface area (Å²) in [5, 5.41) is 9.40. The molecule has 0 aromatic heterocycles. The second-order valence-corrected chi connectivity index (χ2v) is 6.14. The van der Waals surface area contributed by atoms with Gasteiger partial charge < -0.3 is 14.2 Å². The van der Waals surface area contributed by atoms with Crippen LogP contribution in [0.1, 0.15) is 11.1 Å². The van der Waals surface area contributed by atoms with Gasteiger partial charge in [-0.25, -0.2) is 9.18 Å². The van der Waals surface area contributed by atoms with Crippen molar-refractivity contribution < 1.29 is 23.4 Å². The summed E-state index contributed by atoms with van der Waals surface area (Å²) in [7, 11) is 1.51. The molecule has 150 valence electrons. The molecule has 6 heteroatoms. The molecule has 5 nitrogen and oxygen atoms in total. The molecule has 0 N–H and O–H groups in total. The van der Waals surface area contributed by atoms with Crippen LogP contribution in [0.4, 0.5) is 4.39 Å². The highest BCUT2D eigenvalue weighted by Gasteiger charge is 2.10. The monoisotopic (exact) mass is 403 g/mol. The fourth-order valence-corrected chi connectivity index (χ4v) is 2.72. The third-order valence-corrected chi connectivity index (χ3v) is 4.10. The molecule has 0 unspecified atom stereocenters. The van der Waals surface area contributed by atoms with Crippen molar-refractivity contribution >= 4 is 17.6 Å². The van der Waals surface area contributed by atoms with Crippen molar-refractivity contribution in [3.8, 4) is 23.3 Å². The Morgan fingerprint density at radius 1 is 1.03 bits per heavy atom. The first-order valence-corrected chi connectivity index (χ1v) is 9.04. The smallest absolute Gasteiger partial charge is 0.349 e. The van der Waals surface area contributed by atoms with Crippen LogP contribution >= 0.6 is 0 Å². The topological polar surface area (TPSA) is 68.6 Å². The number of hydrogen-bond acceptors (Lipinski definition) is 5. The van der Waals surface area contributed by atoms with Crippen molar-refractivity contribution in [2.45, 2.75) is 0 Å². The van der Waals surface area contributed by atoms with Crippen LogP contribution in [-0.4, -0.2) is 19.7 Å². The zero-order chi connectivity index (χ0) is 21.3. The number of nitrogens with zero attached hydrogens (tertiary/aromatic N) is 1. The average molecular weight is 403 g/mol. The molecule has 3 aromatic carbocycles. The van der Waals surface area contributed by atoms with E-state index in [2.05, 4.69) is 0 Å². The van der Waals surface area contributed by atoms with E-state index in [1.54, 1.807) is 60.7 Å². The van der Waals surface area contributed by atoms with Crippen LogP contribution < -0.4 is 14.2 Å². The van der Waals surface area contributed by atoms with Gasteiger partial charge in [0.1, 0.15) is 11.6 Å². The number of methoxy groups -OCH3 is 1. The lowest BCUT2D eigenvalue weighted by Gasteiger charge is -2.10. The molecule has 3 aromatic rings. The first-order chi connectivity index (χ1) is 14.6. The maximum Gasteiger partial charge on any atom is 0.349 e. The highest BCUT2D eigenvalue weighted by Crippen LogP contribution is 2.26. The second kappa shape index (κ2) is 9.89. The number of allylic oxidation sites excluding steroid dienone is 1. The molecule has 0 atom stereocenters. The molecule has 0 fully saturated rings. The summed E-state index contributed by atoms with van der Waals surface area (Å²) in [5.41, 5.74) is 0.953. The third kappa shape index (κ3) is 5.24. The molecular weight excluding hydrogens is 385 g/mol. The summed E-state index contributed by atoms with van der Waals surface area (Å²) in [6.45, 7) is -0.306. The number of carbonyl (C=O) groups excluding carboxylic acids is 1. The van der Waals surface area contributed by atoms with Gasteiger partial charge >= 0.3 is 5.97 Å². The van der Waals surface area contributed by atoms with Gasteiger partial charge in [0.2, 0.25) is 0 Å². The molecule has 0 amide bonds. The summed E-state index contributed by atoms with van der Waals surface area (Å²) in [5.74, 6) is 0.132. The molecule has 3 rings (SSSR count). The molecule has 0 aliphatic rings. The quantitative estimate of drug-likeness (QED) is 0.243. The number of benzene rings is 3. The molecule has 0 radical (unpaired) electrons. The largest absolute Gasteiger partial charge is 0.493 e. The highest BCUT2D eigenvalue weighted by atomic mass is 19.1. The number of nitriles is 1. The SMILES string of the molecule is COc1ccccc1OCC(=O)Oc1cccc(/C=C(/C#N)c2ccccc2F)c1. The van der Waals surface area contributed by atoms with Crippen LogP contribution in [-0.2, 0) is 4.79 Å². The van der Waals surface area contributed by atoms with Gasteiger partial charge in [-0.3, -0.25) is 0 Å². The van der Waals surface area contributed by atoms with E-state index in [0.29, 0.717) is 17.1 Å². The summed E-state index contributed by atoms with van der Waals surface area (Å²) < 4.78 is 29.9. The molecule has 0 saturated heterocycles. The van der Waals surface area contributed by atoms with Crippen molar-refractivity contribution in [2.24, 2.45) is 0 Å². The van der Waals surface area contributed by atoms with Crippen LogP contribution in [0, 0.1) is 17.1 Å². The van der Waals surface area contributed by atoms with Crippen molar-refractivity contribution in [1.82, 2.24) is 0 Å². The fraction of sp³-hybridized carbons (Fsp3) is 0.0833. The van der Waals surface area contributed by atoms with E-state index in [0.717, 1.165) is 0 Å². The van der Waals surface area contributed by atoms with E-state index in [1.807, 2.05) is 6.07 Å². The Labute approximate surface area is 173 Å². The molecule has 0 heterocycles. The second-order valence-electron chi connectivity index (χ2n) is 6.14. The van der Waals surface area contributed by atoms with Gasteiger partial charge in [-0.05, 0) is 42.0 Å². The first kappa shape index (κ1) is 20.6. The number of halogens is 1. The Kier molecular flexibility index (Phi) is 6.80. The zero-order valence-corrected chi connectivity index (χ0v) is 16.2. The van der Waals surface area contributed by atoms with Gasteiger partial charge in [0.15, 0.2) is 18.1 Å². The minimum atomic E-state index is -0.600. The summed E-state index contributed by atoms with van der Waals surface area (Å²) in [6, 6.07) is 21.6. The highest BCUT2D eigenvalue weighted by molar-refractivity contribution is 5.90. The Morgan fingerprint density at radius 3 is 2.50 bits per heavy atom. The molecule has 0 saturated carbocycles. The molecule has 0 aliphatic carbocycles. The van der Waals surface area contributed by atoms with E-state index >= 15 is 0 Å². The maximum atomic E-state index is 14.0. The van der Waals surface area contributed by atoms with Gasteiger partial charge in [-0.15, -0.1) is 0 Å². The first-order valence-electron chi connectivity index (χ1n) is 9.04. The van der Waals surface area contributed by atoms with E-state index in [-0.39, 0.29) is 23.5 Å². The lowest BCUT2D eigenvalue weighted by Crippen LogP contribution is -2.17. The van der Waals surface area contributed by atoms with Crippen molar-refractivity contribution in [3.63, 3.8) is 0 Å². The molecule has 0 aliphatic heterocycles. The summed E-state index contributed by atoms with van der Waals surface area (Å²) >= 11 is 0. The van der Waals surface area contributed by atoms with Crippen LogP contribution in [0.5, 0.6) is 17.2 Å². The van der Waals surface area contributed by atoms with Crippen LogP contribution in [0.3, 0.4) is 0 Å². The number of rotatable bonds is 7. The van der Waals surface area contributed by atoms with Gasteiger partial charge in [0.05, 0.1) is 18.8 Å². The van der Waals surface area contributed by atoms with E-state index in [9.17, 15) is 14.4 Å². The Hall–Kier alpha value is -4.11. The van der Waals surface area contributed by atoms with Crippen LogP contribution in [0.15, 0.2) is 72.8 Å². The van der Waals surface area contributed by atoms with Gasteiger partial charge in [0.25, 0.3) is 0 Å². The molecule has 0 bridgehead atoms. The van der Waals surface area contributed by atoms with E-state index in [1.165, 1.54) is 25.3 Å². The summed E-state index contributed by atoms with van der Waals surface area (Å²) in [6.07, 6.45) is 1.53. The average Bonchev–Trinajstić information content (AvgIpc) is 2.77. The predicted octanol–water partition coefficient (Wildman–Crippen LogP) is 4.88. The predicted molar refractivity (Wildman–Crippen MR) is 110 cm³/mol. The van der Waals surface area contributed by atoms with Gasteiger partial charge in [-0.1, -0.05) is 42.5 Å². The standard InChI is InChI=1S/C24H18FNO4/c1-28-22-11-4-5-12-23(22)29-16-24(27)30-19-8-6-7-17(14-19)13-18(15-26)20-9-2-3-10-21(20)25/h2-14H,16H2,1H3/b18-13-. The maximum absolute atomic E-state index is 14.0. The fourth-order valence-electron chi connectivity index (χ4n) is 2.72. The van der Waals surface area contributed by atoms with Gasteiger partial charge in [0, 0.05) is 5.56 Å². The molecular formula is C24H18FNO4. The lowest BCUT2D eigenvalue weighted by atomic mass is 10.0. The Bertz CT molecular complexity index is 1120. The van der Waals surface area contributed by atoms with Crippen molar-refractivity contribution in [1.29, 1.82) is 5.26 Å². The zero-order valence-electron chi connectivity index (χ0n) is 16.2. The summed E-state index contributed by atoms with van der Waals surface area (Å²) in [4.78, 5) is 12.1. The number of ether oxygens (including phenoxy) is 3. The molecule has 30 heavy (non-hydrogen) atoms. The number of esters is 1. The molecule has 0 spiro atoms. The van der Waals surface area contributed by atoms with Crippen LogP contribution in [0.2, 0.25) is 0 Å². The Morgan fingerprint density at radius 2 is 1.77 bits per heavy atom. The number of hydrogen-bond donors (Lipinski definition) is 0. The van der Waals surface area contributed by atoms with E-state index < -0.39 is 11.8 Å². The minimum Gasteiger partial charge on any atom is -0.493 e. The van der Waals surface area contributed by atoms with Crippen molar-refractivity contribution in [2.75, 3.05) is 13.7 Å². The third-order valence-electron chi connectivity index (χ3n) is 4.10. The van der Waals surface area contributed by atoms with E-state index in [4.69, 9.17) is 14.2 Å². The van der Waals surface area contributed by atoms with Crippen molar-refractivity contribution in [3.05, 3.63) is 89.7 Å². The normalized spacial score (nSPS) is 10.8. The lowest BCUT2D eigenvalue weighted by molar-refractivity contribution is -0.136. The number of para-hydroxylation sites is 2.